The molecule has 8 nitrogen and oxygen atoms in total. The fourth-order valence-electron chi connectivity index (χ4n) is 5.42. The van der Waals surface area contributed by atoms with Crippen LogP contribution in [0.5, 0.6) is 0 Å². The molecule has 3 aliphatic heterocycles. The summed E-state index contributed by atoms with van der Waals surface area (Å²) in [7, 11) is 1.88. The van der Waals surface area contributed by atoms with E-state index in [0.717, 1.165) is 82.7 Å². The summed E-state index contributed by atoms with van der Waals surface area (Å²) in [5.74, 6) is 2.42. The zero-order valence-electron chi connectivity index (χ0n) is 18.6. The molecule has 8 heteroatoms. The zero-order valence-corrected chi connectivity index (χ0v) is 18.6. The third-order valence-corrected chi connectivity index (χ3v) is 7.17. The van der Waals surface area contributed by atoms with Gasteiger partial charge in [-0.1, -0.05) is 13.0 Å². The number of likely N-dealkylation sites (N-methyl/N-ethyl adjacent to an activating group) is 1. The van der Waals surface area contributed by atoms with E-state index in [4.69, 9.17) is 0 Å². The number of rotatable bonds is 5. The number of hydrogen-bond donors (Lipinski definition) is 1. The summed E-state index contributed by atoms with van der Waals surface area (Å²) in [5, 5.41) is 3.10. The smallest absolute Gasteiger partial charge is 0.255 e. The van der Waals surface area contributed by atoms with Crippen LogP contribution in [0.15, 0.2) is 29.2 Å². The van der Waals surface area contributed by atoms with Gasteiger partial charge in [-0.2, -0.15) is 4.98 Å². The van der Waals surface area contributed by atoms with Gasteiger partial charge in [0, 0.05) is 82.8 Å². The molecule has 0 spiro atoms. The van der Waals surface area contributed by atoms with Crippen molar-refractivity contribution >= 4 is 11.8 Å². The molecule has 3 aliphatic rings. The molecule has 2 aromatic rings. The Hall–Kier alpha value is -2.45. The molecule has 0 saturated carbocycles. The number of nitrogens with one attached hydrogen (secondary N) is 1. The Kier molecular flexibility index (Phi) is 5.67. The van der Waals surface area contributed by atoms with Crippen molar-refractivity contribution in [1.29, 1.82) is 0 Å². The predicted molar refractivity (Wildman–Crippen MR) is 123 cm³/mol. The lowest BCUT2D eigenvalue weighted by molar-refractivity contribution is 0.131. The molecule has 2 fully saturated rings. The highest BCUT2D eigenvalue weighted by atomic mass is 16.1. The highest BCUT2D eigenvalue weighted by Crippen LogP contribution is 2.36. The van der Waals surface area contributed by atoms with Crippen molar-refractivity contribution in [2.45, 2.75) is 32.4 Å². The summed E-state index contributed by atoms with van der Waals surface area (Å²) in [6.07, 6.45) is 2.95. The van der Waals surface area contributed by atoms with Crippen molar-refractivity contribution in [1.82, 2.24) is 24.3 Å². The van der Waals surface area contributed by atoms with Crippen LogP contribution in [0.4, 0.5) is 11.8 Å². The Morgan fingerprint density at radius 2 is 1.87 bits per heavy atom. The molecule has 5 rings (SSSR count). The van der Waals surface area contributed by atoms with Gasteiger partial charge in [-0.05, 0) is 31.0 Å². The van der Waals surface area contributed by atoms with Gasteiger partial charge in [0.15, 0.2) is 0 Å². The van der Waals surface area contributed by atoms with E-state index in [0.29, 0.717) is 11.8 Å². The largest absolute Gasteiger partial charge is 0.373 e. The SMILES string of the molecule is CCN1CCN(Cc2ccc3n(c2=O)C[C@H]2C[C@@H]3CN(c3nccc(NC)n3)C2)CC1. The molecule has 0 aliphatic carbocycles. The zero-order chi connectivity index (χ0) is 21.4. The first-order valence-electron chi connectivity index (χ1n) is 11.6. The number of piperazine rings is 1. The molecule has 2 saturated heterocycles. The standard InChI is InChI=1S/C23H33N7O/c1-3-27-8-10-28(11-9-27)15-18-4-5-20-19-12-17(14-30(20)22(18)31)13-29(16-19)23-25-7-6-21(24-2)26-23/h4-7,17,19H,3,8-16H2,1-2H3,(H,24,25,26)/t17-,19+/m0/s1. The summed E-state index contributed by atoms with van der Waals surface area (Å²) in [6.45, 7) is 10.9. The number of anilines is 2. The van der Waals surface area contributed by atoms with Gasteiger partial charge in [-0.25, -0.2) is 4.98 Å². The molecular formula is C23H33N7O. The van der Waals surface area contributed by atoms with Crippen LogP contribution in [0, 0.1) is 5.92 Å². The number of pyridine rings is 1. The lowest BCUT2D eigenvalue weighted by Crippen LogP contribution is -2.49. The Morgan fingerprint density at radius 1 is 1.06 bits per heavy atom. The first-order chi connectivity index (χ1) is 15.1. The number of nitrogens with zero attached hydrogens (tertiary/aromatic N) is 6. The Bertz CT molecular complexity index is 982. The molecule has 2 atom stereocenters. The fraction of sp³-hybridized carbons (Fsp3) is 0.609. The van der Waals surface area contributed by atoms with Crippen LogP contribution in [-0.4, -0.2) is 77.2 Å². The van der Waals surface area contributed by atoms with Crippen LogP contribution >= 0.6 is 0 Å². The summed E-state index contributed by atoms with van der Waals surface area (Å²) < 4.78 is 2.07. The van der Waals surface area contributed by atoms with E-state index in [2.05, 4.69) is 53.6 Å². The maximum Gasteiger partial charge on any atom is 0.255 e. The number of piperidine rings is 1. The van der Waals surface area contributed by atoms with Gasteiger partial charge in [0.05, 0.1) is 0 Å². The molecule has 0 unspecified atom stereocenters. The van der Waals surface area contributed by atoms with Crippen molar-refractivity contribution in [3.8, 4) is 0 Å². The average molecular weight is 424 g/mol. The normalized spacial score (nSPS) is 24.1. The summed E-state index contributed by atoms with van der Waals surface area (Å²) in [6, 6.07) is 6.17. The Labute approximate surface area is 183 Å². The Morgan fingerprint density at radius 3 is 2.65 bits per heavy atom. The average Bonchev–Trinajstić information content (AvgIpc) is 2.81. The van der Waals surface area contributed by atoms with Gasteiger partial charge in [0.1, 0.15) is 5.82 Å². The van der Waals surface area contributed by atoms with Gasteiger partial charge >= 0.3 is 0 Å². The second-order valence-corrected chi connectivity index (χ2v) is 9.11. The van der Waals surface area contributed by atoms with Crippen molar-refractivity contribution < 1.29 is 0 Å². The van der Waals surface area contributed by atoms with Crippen LogP contribution in [0.1, 0.15) is 30.5 Å². The van der Waals surface area contributed by atoms with E-state index in [1.54, 1.807) is 0 Å². The van der Waals surface area contributed by atoms with Crippen LogP contribution < -0.4 is 15.8 Å². The summed E-state index contributed by atoms with van der Waals surface area (Å²) in [5.41, 5.74) is 2.33. The molecule has 0 radical (unpaired) electrons. The first-order valence-corrected chi connectivity index (χ1v) is 11.6. The van der Waals surface area contributed by atoms with Crippen molar-refractivity contribution in [2.75, 3.05) is 63.1 Å². The summed E-state index contributed by atoms with van der Waals surface area (Å²) in [4.78, 5) is 29.7. The minimum atomic E-state index is 0.215. The van der Waals surface area contributed by atoms with Gasteiger partial charge in [-0.15, -0.1) is 0 Å². The third-order valence-electron chi connectivity index (χ3n) is 7.17. The second kappa shape index (κ2) is 8.59. The summed E-state index contributed by atoms with van der Waals surface area (Å²) >= 11 is 0. The van der Waals surface area contributed by atoms with Crippen molar-refractivity contribution in [3.05, 3.63) is 46.0 Å². The van der Waals surface area contributed by atoms with E-state index < -0.39 is 0 Å². The number of fused-ring (bicyclic) bond motifs is 4. The monoisotopic (exact) mass is 423 g/mol. The minimum Gasteiger partial charge on any atom is -0.373 e. The van der Waals surface area contributed by atoms with Crippen LogP contribution in [0.3, 0.4) is 0 Å². The molecule has 1 N–H and O–H groups in total. The van der Waals surface area contributed by atoms with E-state index >= 15 is 0 Å². The van der Waals surface area contributed by atoms with Gasteiger partial charge in [0.2, 0.25) is 5.95 Å². The van der Waals surface area contributed by atoms with E-state index in [-0.39, 0.29) is 5.56 Å². The molecule has 0 aromatic carbocycles. The van der Waals surface area contributed by atoms with E-state index in [1.165, 1.54) is 5.69 Å². The lowest BCUT2D eigenvalue weighted by Gasteiger charge is -2.43. The number of hydrogen-bond acceptors (Lipinski definition) is 7. The quantitative estimate of drug-likeness (QED) is 0.780. The second-order valence-electron chi connectivity index (χ2n) is 9.11. The van der Waals surface area contributed by atoms with Crippen LogP contribution in [-0.2, 0) is 13.1 Å². The van der Waals surface area contributed by atoms with Gasteiger partial charge in [0.25, 0.3) is 5.56 Å². The Balaban J connectivity index is 1.34. The fourth-order valence-corrected chi connectivity index (χ4v) is 5.42. The molecular weight excluding hydrogens is 390 g/mol. The van der Waals surface area contributed by atoms with Crippen LogP contribution in [0.2, 0.25) is 0 Å². The maximum atomic E-state index is 13.4. The van der Waals surface area contributed by atoms with Crippen molar-refractivity contribution in [3.63, 3.8) is 0 Å². The maximum absolute atomic E-state index is 13.4. The van der Waals surface area contributed by atoms with Gasteiger partial charge < -0.3 is 19.7 Å². The molecule has 166 valence electrons. The minimum absolute atomic E-state index is 0.215. The van der Waals surface area contributed by atoms with Gasteiger partial charge in [-0.3, -0.25) is 9.69 Å². The van der Waals surface area contributed by atoms with Crippen molar-refractivity contribution in [2.24, 2.45) is 5.92 Å². The molecule has 31 heavy (non-hydrogen) atoms. The first kappa shape index (κ1) is 20.5. The number of aromatic nitrogens is 3. The van der Waals surface area contributed by atoms with E-state index in [9.17, 15) is 4.79 Å². The highest BCUT2D eigenvalue weighted by Gasteiger charge is 2.36. The topological polar surface area (TPSA) is 69.5 Å². The van der Waals surface area contributed by atoms with E-state index in [1.807, 2.05) is 19.3 Å². The third kappa shape index (κ3) is 4.06. The highest BCUT2D eigenvalue weighted by molar-refractivity contribution is 5.42. The molecule has 2 aromatic heterocycles. The molecule has 5 heterocycles. The van der Waals surface area contributed by atoms with Crippen LogP contribution in [0.25, 0.3) is 0 Å². The predicted octanol–water partition coefficient (Wildman–Crippen LogP) is 1.44. The molecule has 0 amide bonds. The lowest BCUT2D eigenvalue weighted by atomic mass is 9.83. The molecule has 2 bridgehead atoms.